The Labute approximate surface area is 99.6 Å². The number of hydrogen-bond donors (Lipinski definition) is 1. The SMILES string of the molecule is COc1cc2ccccc2cc1CCC(=O)O. The number of rotatable bonds is 4. The summed E-state index contributed by atoms with van der Waals surface area (Å²) in [5.41, 5.74) is 0.939. The molecule has 0 fully saturated rings. The lowest BCUT2D eigenvalue weighted by Crippen LogP contribution is -1.99. The Kier molecular flexibility index (Phi) is 3.28. The van der Waals surface area contributed by atoms with Crippen LogP contribution in [0.15, 0.2) is 36.4 Å². The van der Waals surface area contributed by atoms with Gasteiger partial charge >= 0.3 is 5.97 Å². The zero-order valence-corrected chi connectivity index (χ0v) is 9.64. The molecule has 0 amide bonds. The lowest BCUT2D eigenvalue weighted by molar-refractivity contribution is -0.136. The second-order valence-electron chi connectivity index (χ2n) is 3.90. The minimum atomic E-state index is -0.791. The largest absolute Gasteiger partial charge is 0.496 e. The van der Waals surface area contributed by atoms with Crippen molar-refractivity contribution in [3.8, 4) is 5.75 Å². The summed E-state index contributed by atoms with van der Waals surface area (Å²) < 4.78 is 5.29. The molecule has 0 aliphatic carbocycles. The predicted molar refractivity (Wildman–Crippen MR) is 66.5 cm³/mol. The maximum Gasteiger partial charge on any atom is 0.303 e. The normalized spacial score (nSPS) is 10.4. The van der Waals surface area contributed by atoms with Gasteiger partial charge in [0, 0.05) is 6.42 Å². The van der Waals surface area contributed by atoms with Crippen molar-refractivity contribution in [2.24, 2.45) is 0 Å². The molecule has 0 atom stereocenters. The molecule has 3 heteroatoms. The van der Waals surface area contributed by atoms with Crippen molar-refractivity contribution in [2.75, 3.05) is 7.11 Å². The van der Waals surface area contributed by atoms with Gasteiger partial charge in [-0.25, -0.2) is 0 Å². The van der Waals surface area contributed by atoms with Crippen LogP contribution in [0.3, 0.4) is 0 Å². The van der Waals surface area contributed by atoms with E-state index >= 15 is 0 Å². The molecular formula is C14H14O3. The highest BCUT2D eigenvalue weighted by molar-refractivity contribution is 5.85. The van der Waals surface area contributed by atoms with E-state index in [-0.39, 0.29) is 6.42 Å². The van der Waals surface area contributed by atoms with Crippen molar-refractivity contribution < 1.29 is 14.6 Å². The van der Waals surface area contributed by atoms with E-state index < -0.39 is 5.97 Å². The molecule has 0 aliphatic heterocycles. The van der Waals surface area contributed by atoms with Crippen molar-refractivity contribution in [2.45, 2.75) is 12.8 Å². The van der Waals surface area contributed by atoms with Crippen LogP contribution in [0.1, 0.15) is 12.0 Å². The molecule has 2 aromatic rings. The third kappa shape index (κ3) is 2.56. The Morgan fingerprint density at radius 2 is 1.88 bits per heavy atom. The monoisotopic (exact) mass is 230 g/mol. The fourth-order valence-electron chi connectivity index (χ4n) is 1.89. The Morgan fingerprint density at radius 1 is 1.24 bits per heavy atom. The van der Waals surface area contributed by atoms with E-state index in [0.29, 0.717) is 6.42 Å². The summed E-state index contributed by atoms with van der Waals surface area (Å²) >= 11 is 0. The van der Waals surface area contributed by atoms with E-state index in [4.69, 9.17) is 9.84 Å². The minimum Gasteiger partial charge on any atom is -0.496 e. The molecule has 0 radical (unpaired) electrons. The summed E-state index contributed by atoms with van der Waals surface area (Å²) in [5, 5.41) is 10.9. The Bertz CT molecular complexity index is 546. The number of carboxylic acid groups (broad SMARTS) is 1. The van der Waals surface area contributed by atoms with Gasteiger partial charge in [-0.3, -0.25) is 4.79 Å². The van der Waals surface area contributed by atoms with Crippen LogP contribution in [0.5, 0.6) is 5.75 Å². The summed E-state index contributed by atoms with van der Waals surface area (Å²) in [4.78, 5) is 10.6. The zero-order valence-electron chi connectivity index (χ0n) is 9.64. The van der Waals surface area contributed by atoms with Crippen LogP contribution in [0, 0.1) is 0 Å². The maximum atomic E-state index is 10.6. The molecule has 17 heavy (non-hydrogen) atoms. The Hall–Kier alpha value is -2.03. The highest BCUT2D eigenvalue weighted by Gasteiger charge is 2.07. The van der Waals surface area contributed by atoms with Crippen molar-refractivity contribution in [3.63, 3.8) is 0 Å². The lowest BCUT2D eigenvalue weighted by atomic mass is 10.0. The zero-order chi connectivity index (χ0) is 12.3. The number of benzene rings is 2. The third-order valence-corrected chi connectivity index (χ3v) is 2.76. The first-order valence-electron chi connectivity index (χ1n) is 5.48. The number of ether oxygens (including phenoxy) is 1. The second-order valence-corrected chi connectivity index (χ2v) is 3.90. The molecule has 2 rings (SSSR count). The molecule has 0 aliphatic rings. The van der Waals surface area contributed by atoms with Gasteiger partial charge in [-0.1, -0.05) is 24.3 Å². The summed E-state index contributed by atoms with van der Waals surface area (Å²) in [6, 6.07) is 11.9. The molecule has 0 bridgehead atoms. The van der Waals surface area contributed by atoms with Gasteiger partial charge in [-0.15, -0.1) is 0 Å². The number of aliphatic carboxylic acids is 1. The Morgan fingerprint density at radius 3 is 2.47 bits per heavy atom. The summed E-state index contributed by atoms with van der Waals surface area (Å²) in [7, 11) is 1.61. The molecule has 3 nitrogen and oxygen atoms in total. The molecule has 0 aromatic heterocycles. The summed E-state index contributed by atoms with van der Waals surface area (Å²) in [5.74, 6) is -0.0369. The number of fused-ring (bicyclic) bond motifs is 1. The first kappa shape index (κ1) is 11.5. The molecular weight excluding hydrogens is 216 g/mol. The molecule has 0 heterocycles. The number of aryl methyl sites for hydroxylation is 1. The van der Waals surface area contributed by atoms with Crippen LogP contribution in [-0.2, 0) is 11.2 Å². The molecule has 1 N–H and O–H groups in total. The van der Waals surface area contributed by atoms with Crippen molar-refractivity contribution in [3.05, 3.63) is 42.0 Å². The fraction of sp³-hybridized carbons (Fsp3) is 0.214. The molecule has 0 saturated heterocycles. The van der Waals surface area contributed by atoms with E-state index in [1.165, 1.54) is 0 Å². The molecule has 2 aromatic carbocycles. The fourth-order valence-corrected chi connectivity index (χ4v) is 1.89. The summed E-state index contributed by atoms with van der Waals surface area (Å²) in [6.45, 7) is 0. The number of carbonyl (C=O) groups is 1. The van der Waals surface area contributed by atoms with E-state index in [0.717, 1.165) is 22.1 Å². The predicted octanol–water partition coefficient (Wildman–Crippen LogP) is 2.87. The standard InChI is InChI=1S/C14H14O3/c1-17-13-9-11-5-3-2-4-10(11)8-12(13)6-7-14(15)16/h2-5,8-9H,6-7H2,1H3,(H,15,16). The van der Waals surface area contributed by atoms with Gasteiger partial charge in [0.2, 0.25) is 0 Å². The highest BCUT2D eigenvalue weighted by atomic mass is 16.5. The van der Waals surface area contributed by atoms with Gasteiger partial charge in [-0.2, -0.15) is 0 Å². The third-order valence-electron chi connectivity index (χ3n) is 2.76. The summed E-state index contributed by atoms with van der Waals surface area (Å²) in [6.07, 6.45) is 0.609. The number of methoxy groups -OCH3 is 1. The van der Waals surface area contributed by atoms with Crippen LogP contribution in [0.25, 0.3) is 10.8 Å². The van der Waals surface area contributed by atoms with E-state index in [9.17, 15) is 4.79 Å². The Balaban J connectivity index is 2.41. The van der Waals surface area contributed by atoms with Gasteiger partial charge in [0.05, 0.1) is 7.11 Å². The number of carboxylic acids is 1. The molecule has 88 valence electrons. The average Bonchev–Trinajstić information content (AvgIpc) is 2.35. The van der Waals surface area contributed by atoms with Gasteiger partial charge in [-0.05, 0) is 34.9 Å². The van der Waals surface area contributed by atoms with Crippen molar-refractivity contribution in [1.82, 2.24) is 0 Å². The van der Waals surface area contributed by atoms with Crippen LogP contribution < -0.4 is 4.74 Å². The van der Waals surface area contributed by atoms with E-state index in [1.54, 1.807) is 7.11 Å². The molecule has 0 saturated carbocycles. The van der Waals surface area contributed by atoms with Gasteiger partial charge in [0.1, 0.15) is 5.75 Å². The topological polar surface area (TPSA) is 46.5 Å². The molecule has 0 spiro atoms. The minimum absolute atomic E-state index is 0.120. The van der Waals surface area contributed by atoms with Gasteiger partial charge in [0.15, 0.2) is 0 Å². The van der Waals surface area contributed by atoms with Crippen molar-refractivity contribution >= 4 is 16.7 Å². The highest BCUT2D eigenvalue weighted by Crippen LogP contribution is 2.26. The van der Waals surface area contributed by atoms with Gasteiger partial charge in [0.25, 0.3) is 0 Å². The average molecular weight is 230 g/mol. The maximum absolute atomic E-state index is 10.6. The van der Waals surface area contributed by atoms with Crippen LogP contribution in [-0.4, -0.2) is 18.2 Å². The first-order valence-corrected chi connectivity index (χ1v) is 5.48. The quantitative estimate of drug-likeness (QED) is 0.878. The number of hydrogen-bond acceptors (Lipinski definition) is 2. The van der Waals surface area contributed by atoms with Crippen LogP contribution >= 0.6 is 0 Å². The second kappa shape index (κ2) is 4.87. The molecule has 0 unspecified atom stereocenters. The smallest absolute Gasteiger partial charge is 0.303 e. The van der Waals surface area contributed by atoms with E-state index in [2.05, 4.69) is 0 Å². The van der Waals surface area contributed by atoms with Gasteiger partial charge < -0.3 is 9.84 Å². The first-order chi connectivity index (χ1) is 8.20. The van der Waals surface area contributed by atoms with Crippen LogP contribution in [0.2, 0.25) is 0 Å². The van der Waals surface area contributed by atoms with Crippen LogP contribution in [0.4, 0.5) is 0 Å². The van der Waals surface area contributed by atoms with Crippen molar-refractivity contribution in [1.29, 1.82) is 0 Å². The van der Waals surface area contributed by atoms with E-state index in [1.807, 2.05) is 36.4 Å². The lowest BCUT2D eigenvalue weighted by Gasteiger charge is -2.09.